The van der Waals surface area contributed by atoms with E-state index in [1.807, 2.05) is 0 Å². The third kappa shape index (κ3) is 2.99. The van der Waals surface area contributed by atoms with E-state index in [-0.39, 0.29) is 5.41 Å². The Morgan fingerprint density at radius 3 is 2.02 bits per heavy atom. The third-order valence-corrected chi connectivity index (χ3v) is 10.3. The van der Waals surface area contributed by atoms with Crippen LogP contribution in [0.4, 0.5) is 0 Å². The Hall–Kier alpha value is -5.40. The Bertz CT molecular complexity index is 2500. The summed E-state index contributed by atoms with van der Waals surface area (Å²) in [6.45, 7) is 4.72. The van der Waals surface area contributed by atoms with Crippen molar-refractivity contribution in [1.82, 2.24) is 4.57 Å². The van der Waals surface area contributed by atoms with Crippen molar-refractivity contribution in [2.45, 2.75) is 19.3 Å². The molecule has 0 saturated heterocycles. The Morgan fingerprint density at radius 2 is 1.18 bits per heavy atom. The predicted octanol–water partition coefficient (Wildman–Crippen LogP) is 11.6. The first-order valence-corrected chi connectivity index (χ1v) is 15.5. The maximum Gasteiger partial charge on any atom is 0.0622 e. The molecule has 0 aliphatic heterocycles. The molecule has 0 atom stereocenters. The first kappa shape index (κ1) is 24.1. The van der Waals surface area contributed by atoms with Gasteiger partial charge >= 0.3 is 0 Å². The number of para-hydroxylation sites is 1. The molecule has 0 saturated carbocycles. The molecule has 1 nitrogen and oxygen atoms in total. The number of hydrogen-bond acceptors (Lipinski definition) is 0. The summed E-state index contributed by atoms with van der Waals surface area (Å²) in [6, 6.07) is 52.0. The molecule has 0 amide bonds. The molecule has 2 aliphatic rings. The summed E-state index contributed by atoms with van der Waals surface area (Å²) in [5.41, 5.74) is 17.1. The minimum atomic E-state index is -0.0389. The number of aromatic nitrogens is 1. The monoisotopic (exact) mass is 559 g/mol. The van der Waals surface area contributed by atoms with Crippen molar-refractivity contribution < 1.29 is 0 Å². The van der Waals surface area contributed by atoms with Gasteiger partial charge in [-0.25, -0.2) is 0 Å². The minimum Gasteiger partial charge on any atom is -0.309 e. The Kier molecular flexibility index (Phi) is 4.58. The molecule has 10 rings (SSSR count). The SMILES string of the molecule is CC1(C)c2ccccc2-c2c1ccc1c3ccccc3n(-c3ccc(-c4ccc5c(c4)-c4cccc6cccc-5c46)cc3)c21. The topological polar surface area (TPSA) is 4.93 Å². The van der Waals surface area contributed by atoms with E-state index in [4.69, 9.17) is 0 Å². The van der Waals surface area contributed by atoms with E-state index in [9.17, 15) is 0 Å². The van der Waals surface area contributed by atoms with Crippen LogP contribution in [0.25, 0.3) is 82.8 Å². The normalized spacial score (nSPS) is 13.9. The number of fused-ring (bicyclic) bond motifs is 10. The van der Waals surface area contributed by atoms with Crippen LogP contribution < -0.4 is 0 Å². The quantitative estimate of drug-likeness (QED) is 0.198. The van der Waals surface area contributed by atoms with Gasteiger partial charge < -0.3 is 4.57 Å². The van der Waals surface area contributed by atoms with E-state index >= 15 is 0 Å². The second kappa shape index (κ2) is 8.36. The van der Waals surface area contributed by atoms with Crippen molar-refractivity contribution in [2.24, 2.45) is 0 Å². The lowest BCUT2D eigenvalue weighted by Gasteiger charge is -2.21. The maximum absolute atomic E-state index is 2.49. The highest BCUT2D eigenvalue weighted by Crippen LogP contribution is 2.53. The van der Waals surface area contributed by atoms with Crippen LogP contribution in [0.1, 0.15) is 25.0 Å². The van der Waals surface area contributed by atoms with Crippen molar-refractivity contribution in [1.29, 1.82) is 0 Å². The fraction of sp³-hybridized carbons (Fsp3) is 0.0698. The molecule has 0 N–H and O–H groups in total. The first-order valence-electron chi connectivity index (χ1n) is 15.5. The lowest BCUT2D eigenvalue weighted by molar-refractivity contribution is 0.661. The van der Waals surface area contributed by atoms with E-state index < -0.39 is 0 Å². The average molecular weight is 560 g/mol. The largest absolute Gasteiger partial charge is 0.309 e. The van der Waals surface area contributed by atoms with Crippen molar-refractivity contribution in [3.8, 4) is 50.2 Å². The molecule has 0 bridgehead atoms. The van der Waals surface area contributed by atoms with E-state index in [0.29, 0.717) is 0 Å². The first-order chi connectivity index (χ1) is 21.6. The summed E-state index contributed by atoms with van der Waals surface area (Å²) < 4.78 is 2.49. The maximum atomic E-state index is 2.49. The summed E-state index contributed by atoms with van der Waals surface area (Å²) in [6.07, 6.45) is 0. The fourth-order valence-electron chi connectivity index (χ4n) is 8.28. The van der Waals surface area contributed by atoms with Crippen molar-refractivity contribution in [3.63, 3.8) is 0 Å². The van der Waals surface area contributed by atoms with Crippen LogP contribution in [-0.2, 0) is 5.41 Å². The van der Waals surface area contributed by atoms with E-state index in [0.717, 1.165) is 0 Å². The Labute approximate surface area is 256 Å². The van der Waals surface area contributed by atoms with Gasteiger partial charge in [-0.3, -0.25) is 0 Å². The summed E-state index contributed by atoms with van der Waals surface area (Å²) in [5.74, 6) is 0. The van der Waals surface area contributed by atoms with Crippen LogP contribution in [0.15, 0.2) is 140 Å². The lowest BCUT2D eigenvalue weighted by Crippen LogP contribution is -2.14. The average Bonchev–Trinajstić information content (AvgIpc) is 3.66. The van der Waals surface area contributed by atoms with Gasteiger partial charge in [0.2, 0.25) is 0 Å². The van der Waals surface area contributed by atoms with Crippen LogP contribution in [0.3, 0.4) is 0 Å². The molecule has 0 spiro atoms. The van der Waals surface area contributed by atoms with E-state index in [2.05, 4.69) is 158 Å². The van der Waals surface area contributed by atoms with Crippen LogP contribution in [0.5, 0.6) is 0 Å². The van der Waals surface area contributed by atoms with E-state index in [1.54, 1.807) is 0 Å². The molecule has 1 aromatic heterocycles. The molecular formula is C43H29N. The van der Waals surface area contributed by atoms with Crippen LogP contribution in [-0.4, -0.2) is 4.57 Å². The lowest BCUT2D eigenvalue weighted by atomic mass is 9.82. The van der Waals surface area contributed by atoms with Gasteiger partial charge in [-0.2, -0.15) is 0 Å². The van der Waals surface area contributed by atoms with Gasteiger partial charge in [0.05, 0.1) is 11.0 Å². The zero-order chi connectivity index (χ0) is 29.2. The van der Waals surface area contributed by atoms with Crippen molar-refractivity contribution >= 4 is 32.6 Å². The van der Waals surface area contributed by atoms with Crippen LogP contribution in [0.2, 0.25) is 0 Å². The molecule has 0 unspecified atom stereocenters. The Balaban J connectivity index is 1.16. The molecular weight excluding hydrogens is 530 g/mol. The van der Waals surface area contributed by atoms with Gasteiger partial charge in [-0.1, -0.05) is 129 Å². The molecule has 7 aromatic carbocycles. The molecule has 1 heteroatoms. The predicted molar refractivity (Wildman–Crippen MR) is 186 cm³/mol. The molecule has 2 aliphatic carbocycles. The highest BCUT2D eigenvalue weighted by Gasteiger charge is 2.37. The third-order valence-electron chi connectivity index (χ3n) is 10.3. The summed E-state index contributed by atoms with van der Waals surface area (Å²) in [4.78, 5) is 0. The van der Waals surface area contributed by atoms with Crippen molar-refractivity contribution in [3.05, 3.63) is 151 Å². The summed E-state index contributed by atoms with van der Waals surface area (Å²) >= 11 is 0. The minimum absolute atomic E-state index is 0.0389. The van der Waals surface area contributed by atoms with Gasteiger partial charge in [-0.15, -0.1) is 0 Å². The highest BCUT2D eigenvalue weighted by atomic mass is 15.0. The summed E-state index contributed by atoms with van der Waals surface area (Å²) in [5, 5.41) is 5.29. The molecule has 1 heterocycles. The second-order valence-electron chi connectivity index (χ2n) is 12.9. The number of benzene rings is 7. The highest BCUT2D eigenvalue weighted by molar-refractivity contribution is 6.17. The zero-order valence-electron chi connectivity index (χ0n) is 24.7. The fourth-order valence-corrected chi connectivity index (χ4v) is 8.28. The smallest absolute Gasteiger partial charge is 0.0622 e. The second-order valence-corrected chi connectivity index (χ2v) is 12.9. The molecule has 8 aromatic rings. The van der Waals surface area contributed by atoms with E-state index in [1.165, 1.54) is 93.9 Å². The molecule has 44 heavy (non-hydrogen) atoms. The summed E-state index contributed by atoms with van der Waals surface area (Å²) in [7, 11) is 0. The number of hydrogen-bond donors (Lipinski definition) is 0. The van der Waals surface area contributed by atoms with Crippen LogP contribution >= 0.6 is 0 Å². The van der Waals surface area contributed by atoms with Crippen molar-refractivity contribution in [2.75, 3.05) is 0 Å². The van der Waals surface area contributed by atoms with Gasteiger partial charge in [0, 0.05) is 27.4 Å². The van der Waals surface area contributed by atoms with Gasteiger partial charge in [0.25, 0.3) is 0 Å². The number of nitrogens with zero attached hydrogens (tertiary/aromatic N) is 1. The molecule has 206 valence electrons. The van der Waals surface area contributed by atoms with Gasteiger partial charge in [0.1, 0.15) is 0 Å². The zero-order valence-corrected chi connectivity index (χ0v) is 24.7. The van der Waals surface area contributed by atoms with Crippen LogP contribution in [0, 0.1) is 0 Å². The molecule has 0 radical (unpaired) electrons. The molecule has 0 fully saturated rings. The number of rotatable bonds is 2. The van der Waals surface area contributed by atoms with Gasteiger partial charge in [0.15, 0.2) is 0 Å². The van der Waals surface area contributed by atoms with Gasteiger partial charge in [-0.05, 0) is 85.1 Å². The Morgan fingerprint density at radius 1 is 0.477 bits per heavy atom. The standard InChI is InChI=1S/C43H29N/c1-43(2)37-15-5-3-12-35(37)41-38(43)24-23-34-31-11-4-6-16-39(31)44(42(34)41)29-20-17-26(18-21-29)28-19-22-30-32-13-7-9-27-10-8-14-33(40(27)32)36(30)25-28/h3-25H,1-2H3.